The smallest absolute Gasteiger partial charge is 0.255 e. The molecule has 0 saturated heterocycles. The first-order valence-electron chi connectivity index (χ1n) is 11.5. The van der Waals surface area contributed by atoms with E-state index in [1.807, 2.05) is 115 Å². The van der Waals surface area contributed by atoms with Crippen molar-refractivity contribution in [3.8, 4) is 11.1 Å². The van der Waals surface area contributed by atoms with Gasteiger partial charge < -0.3 is 10.6 Å². The van der Waals surface area contributed by atoms with E-state index in [2.05, 4.69) is 0 Å². The van der Waals surface area contributed by atoms with Gasteiger partial charge >= 0.3 is 0 Å². The molecule has 4 nitrogen and oxygen atoms in total. The number of hydrogen-bond acceptors (Lipinski definition) is 2. The van der Waals surface area contributed by atoms with Gasteiger partial charge in [-0.3, -0.25) is 9.59 Å². The zero-order chi connectivity index (χ0) is 23.8. The van der Waals surface area contributed by atoms with Gasteiger partial charge in [0.1, 0.15) is 6.04 Å². The third-order valence-corrected chi connectivity index (χ3v) is 5.95. The summed E-state index contributed by atoms with van der Waals surface area (Å²) in [7, 11) is 0. The monoisotopic (exact) mass is 448 g/mol. The van der Waals surface area contributed by atoms with Gasteiger partial charge in [-0.2, -0.15) is 0 Å². The van der Waals surface area contributed by atoms with Crippen molar-refractivity contribution in [2.75, 3.05) is 0 Å². The minimum absolute atomic E-state index is 0.208. The number of primary amides is 1. The maximum absolute atomic E-state index is 14.0. The van der Waals surface area contributed by atoms with E-state index < -0.39 is 11.9 Å². The Hall–Kier alpha value is -4.18. The summed E-state index contributed by atoms with van der Waals surface area (Å²) in [5.74, 6) is -0.711. The minimum Gasteiger partial charge on any atom is -0.368 e. The summed E-state index contributed by atoms with van der Waals surface area (Å²) in [6.07, 6.45) is 1.10. The predicted molar refractivity (Wildman–Crippen MR) is 136 cm³/mol. The second kappa shape index (κ2) is 11.1. The van der Waals surface area contributed by atoms with Crippen molar-refractivity contribution >= 4 is 11.8 Å². The van der Waals surface area contributed by atoms with Crippen molar-refractivity contribution < 1.29 is 9.59 Å². The fourth-order valence-corrected chi connectivity index (χ4v) is 4.20. The molecule has 0 aliphatic carbocycles. The highest BCUT2D eigenvalue weighted by atomic mass is 16.2. The molecule has 2 amide bonds. The first kappa shape index (κ1) is 23.0. The van der Waals surface area contributed by atoms with Crippen LogP contribution in [0.3, 0.4) is 0 Å². The van der Waals surface area contributed by atoms with Crippen LogP contribution >= 0.6 is 0 Å². The Morgan fingerprint density at radius 2 is 1.21 bits per heavy atom. The zero-order valence-electron chi connectivity index (χ0n) is 19.0. The van der Waals surface area contributed by atoms with Crippen LogP contribution in [0.15, 0.2) is 115 Å². The van der Waals surface area contributed by atoms with Crippen molar-refractivity contribution in [1.82, 2.24) is 4.90 Å². The van der Waals surface area contributed by atoms with Crippen LogP contribution in [-0.2, 0) is 17.8 Å². The lowest BCUT2D eigenvalue weighted by atomic mass is 9.97. The standard InChI is InChI=1S/C30H28N2O2/c31-29(33)28(21-20-23-12-4-1-5-13-23)32(22-24-14-6-2-7-15-24)30(34)27-19-11-10-18-26(27)25-16-8-3-9-17-25/h1-19,28H,20-22H2,(H2,31,33). The molecule has 0 bridgehead atoms. The number of carbonyl (C=O) groups excluding carboxylic acids is 2. The molecule has 1 atom stereocenters. The van der Waals surface area contributed by atoms with Crippen molar-refractivity contribution in [2.45, 2.75) is 25.4 Å². The Kier molecular flexibility index (Phi) is 7.51. The summed E-state index contributed by atoms with van der Waals surface area (Å²) in [5.41, 5.74) is 10.3. The second-order valence-corrected chi connectivity index (χ2v) is 8.27. The lowest BCUT2D eigenvalue weighted by Gasteiger charge is -2.31. The van der Waals surface area contributed by atoms with Gasteiger partial charge in [-0.25, -0.2) is 0 Å². The normalized spacial score (nSPS) is 11.5. The first-order valence-corrected chi connectivity index (χ1v) is 11.5. The Morgan fingerprint density at radius 1 is 0.676 bits per heavy atom. The molecule has 34 heavy (non-hydrogen) atoms. The van der Waals surface area contributed by atoms with Crippen molar-refractivity contribution in [3.63, 3.8) is 0 Å². The quantitative estimate of drug-likeness (QED) is 0.368. The first-order chi connectivity index (χ1) is 16.6. The Balaban J connectivity index is 1.71. The number of amides is 2. The molecule has 4 aromatic carbocycles. The second-order valence-electron chi connectivity index (χ2n) is 8.27. The summed E-state index contributed by atoms with van der Waals surface area (Å²) in [6.45, 7) is 0.297. The molecule has 1 unspecified atom stereocenters. The topological polar surface area (TPSA) is 63.4 Å². The van der Waals surface area contributed by atoms with Crippen LogP contribution in [0.2, 0.25) is 0 Å². The summed E-state index contributed by atoms with van der Waals surface area (Å²) in [6, 6.07) is 36.2. The van der Waals surface area contributed by atoms with E-state index in [-0.39, 0.29) is 5.91 Å². The van der Waals surface area contributed by atoms with Gasteiger partial charge in [-0.15, -0.1) is 0 Å². The Morgan fingerprint density at radius 3 is 1.82 bits per heavy atom. The minimum atomic E-state index is -0.739. The van der Waals surface area contributed by atoms with E-state index in [1.54, 1.807) is 4.90 Å². The van der Waals surface area contributed by atoms with Gasteiger partial charge in [0.05, 0.1) is 0 Å². The third kappa shape index (κ3) is 5.59. The Bertz CT molecular complexity index is 1220. The van der Waals surface area contributed by atoms with Crippen LogP contribution < -0.4 is 5.73 Å². The molecular weight excluding hydrogens is 420 g/mol. The highest BCUT2D eigenvalue weighted by Crippen LogP contribution is 2.26. The molecule has 0 saturated carbocycles. The molecule has 0 radical (unpaired) electrons. The molecule has 0 heterocycles. The van der Waals surface area contributed by atoms with Gasteiger partial charge in [0.15, 0.2) is 0 Å². The number of carbonyl (C=O) groups is 2. The van der Waals surface area contributed by atoms with Crippen LogP contribution in [0.1, 0.15) is 27.9 Å². The molecule has 4 aromatic rings. The van der Waals surface area contributed by atoms with E-state index in [0.29, 0.717) is 24.9 Å². The maximum atomic E-state index is 14.0. The molecule has 170 valence electrons. The SMILES string of the molecule is NC(=O)C(CCc1ccccc1)N(Cc1ccccc1)C(=O)c1ccccc1-c1ccccc1. The van der Waals surface area contributed by atoms with Crippen LogP contribution in [0, 0.1) is 0 Å². The predicted octanol–water partition coefficient (Wildman–Crippen LogP) is 5.48. The average molecular weight is 449 g/mol. The van der Waals surface area contributed by atoms with Crippen molar-refractivity contribution in [2.24, 2.45) is 5.73 Å². The van der Waals surface area contributed by atoms with E-state index in [0.717, 1.165) is 22.3 Å². The van der Waals surface area contributed by atoms with Gasteiger partial charge in [0, 0.05) is 12.1 Å². The van der Waals surface area contributed by atoms with Gasteiger partial charge in [0.2, 0.25) is 5.91 Å². The zero-order valence-corrected chi connectivity index (χ0v) is 19.0. The molecule has 0 fully saturated rings. The number of nitrogens with two attached hydrogens (primary N) is 1. The molecule has 0 aromatic heterocycles. The van der Waals surface area contributed by atoms with Crippen LogP contribution in [0.5, 0.6) is 0 Å². The average Bonchev–Trinajstić information content (AvgIpc) is 2.89. The number of benzene rings is 4. The Labute approximate surface area is 200 Å². The van der Waals surface area contributed by atoms with E-state index >= 15 is 0 Å². The molecule has 4 heteroatoms. The number of hydrogen-bond donors (Lipinski definition) is 1. The van der Waals surface area contributed by atoms with Crippen LogP contribution in [0.25, 0.3) is 11.1 Å². The largest absolute Gasteiger partial charge is 0.368 e. The molecule has 0 aliphatic heterocycles. The van der Waals surface area contributed by atoms with Crippen LogP contribution in [-0.4, -0.2) is 22.8 Å². The highest BCUT2D eigenvalue weighted by Gasteiger charge is 2.30. The summed E-state index contributed by atoms with van der Waals surface area (Å²) in [5, 5.41) is 0. The van der Waals surface area contributed by atoms with Gasteiger partial charge in [-0.05, 0) is 41.2 Å². The van der Waals surface area contributed by atoms with Crippen LogP contribution in [0.4, 0.5) is 0 Å². The fraction of sp³-hybridized carbons (Fsp3) is 0.133. The summed E-state index contributed by atoms with van der Waals surface area (Å²) in [4.78, 5) is 28.3. The van der Waals surface area contributed by atoms with E-state index in [4.69, 9.17) is 5.73 Å². The third-order valence-electron chi connectivity index (χ3n) is 5.95. The molecular formula is C30H28N2O2. The number of nitrogens with zero attached hydrogens (tertiary/aromatic N) is 1. The van der Waals surface area contributed by atoms with Gasteiger partial charge in [0.25, 0.3) is 5.91 Å². The lowest BCUT2D eigenvalue weighted by Crippen LogP contribution is -2.48. The summed E-state index contributed by atoms with van der Waals surface area (Å²) < 4.78 is 0. The molecule has 4 rings (SSSR count). The fourth-order valence-electron chi connectivity index (χ4n) is 4.20. The number of aryl methyl sites for hydroxylation is 1. The van der Waals surface area contributed by atoms with E-state index in [9.17, 15) is 9.59 Å². The van der Waals surface area contributed by atoms with Crippen molar-refractivity contribution in [3.05, 3.63) is 132 Å². The van der Waals surface area contributed by atoms with E-state index in [1.165, 1.54) is 0 Å². The highest BCUT2D eigenvalue weighted by molar-refractivity contribution is 6.02. The maximum Gasteiger partial charge on any atom is 0.255 e. The molecule has 2 N–H and O–H groups in total. The molecule has 0 spiro atoms. The van der Waals surface area contributed by atoms with Crippen molar-refractivity contribution in [1.29, 1.82) is 0 Å². The summed E-state index contributed by atoms with van der Waals surface area (Å²) >= 11 is 0. The van der Waals surface area contributed by atoms with Gasteiger partial charge in [-0.1, -0.05) is 109 Å². The number of rotatable bonds is 9. The lowest BCUT2D eigenvalue weighted by molar-refractivity contribution is -0.122. The molecule has 0 aliphatic rings.